The van der Waals surface area contributed by atoms with Crippen LogP contribution in [0.4, 0.5) is 9.59 Å². The number of ether oxygens (including phenoxy) is 7. The molecule has 0 saturated carbocycles. The number of carbonyl (C=O) groups excluding carboxylic acids is 4. The summed E-state index contributed by atoms with van der Waals surface area (Å²) in [6.45, 7) is 2.55. The van der Waals surface area contributed by atoms with Crippen LogP contribution in [0.2, 0.25) is 5.02 Å². The average Bonchev–Trinajstić information content (AvgIpc) is 3.69. The lowest BCUT2D eigenvalue weighted by Gasteiger charge is -2.47. The Hall–Kier alpha value is -5.05. The maximum atomic E-state index is 13.3. The molecule has 5 atom stereocenters. The fourth-order valence-corrected chi connectivity index (χ4v) is 7.41. The smallest absolute Gasteiger partial charge is 0.407 e. The molecule has 57 heavy (non-hydrogen) atoms. The van der Waals surface area contributed by atoms with Gasteiger partial charge < -0.3 is 49.1 Å². The van der Waals surface area contributed by atoms with Crippen LogP contribution in [-0.4, -0.2) is 80.8 Å². The number of alkyl carbamates (subject to hydrolysis) is 2. The SMILES string of the molecule is CCOC(=O)[C@H](Cc1ccccc1)NC(=O)CC[C@@H]1C[C@@H](OC(=O)NCc2cccc3c2OCO3)C[C@@]2(CCC[C@H](COC(=O)NCCc3ccc(Cl)cc3)O2)O1. The molecule has 0 unspecified atom stereocenters. The normalized spacial score (nSPS) is 21.5. The van der Waals surface area contributed by atoms with Crippen LogP contribution < -0.4 is 25.4 Å². The zero-order chi connectivity index (χ0) is 40.0. The van der Waals surface area contributed by atoms with E-state index in [9.17, 15) is 19.2 Å². The quantitative estimate of drug-likeness (QED) is 0.112. The molecule has 3 aliphatic rings. The Labute approximate surface area is 337 Å². The van der Waals surface area contributed by atoms with Gasteiger partial charge in [-0.3, -0.25) is 4.79 Å². The highest BCUT2D eigenvalue weighted by Gasteiger charge is 2.47. The van der Waals surface area contributed by atoms with E-state index in [1.807, 2.05) is 54.6 Å². The number of benzene rings is 3. The molecule has 0 radical (unpaired) electrons. The van der Waals surface area contributed by atoms with Crippen molar-refractivity contribution in [2.24, 2.45) is 0 Å². The lowest BCUT2D eigenvalue weighted by atomic mass is 9.90. The minimum absolute atomic E-state index is 0.000809. The van der Waals surface area contributed by atoms with Gasteiger partial charge in [-0.15, -0.1) is 0 Å². The maximum absolute atomic E-state index is 13.3. The summed E-state index contributed by atoms with van der Waals surface area (Å²) in [4.78, 5) is 51.9. The Kier molecular flexibility index (Phi) is 14.9. The lowest BCUT2D eigenvalue weighted by molar-refractivity contribution is -0.329. The fraction of sp³-hybridized carbons (Fsp3) is 0.476. The number of nitrogens with one attached hydrogen (secondary N) is 3. The first-order valence-electron chi connectivity index (χ1n) is 19.5. The van der Waals surface area contributed by atoms with Crippen molar-refractivity contribution >= 4 is 35.7 Å². The van der Waals surface area contributed by atoms with Gasteiger partial charge in [-0.2, -0.15) is 0 Å². The first-order chi connectivity index (χ1) is 27.7. The van der Waals surface area contributed by atoms with Crippen LogP contribution in [0.5, 0.6) is 11.5 Å². The highest BCUT2D eigenvalue weighted by atomic mass is 35.5. The van der Waals surface area contributed by atoms with Crippen molar-refractivity contribution in [1.29, 1.82) is 0 Å². The van der Waals surface area contributed by atoms with Crippen molar-refractivity contribution in [3.05, 3.63) is 94.5 Å². The zero-order valence-electron chi connectivity index (χ0n) is 32.0. The number of para-hydroxylation sites is 1. The van der Waals surface area contributed by atoms with Gasteiger partial charge in [0, 0.05) is 55.8 Å². The van der Waals surface area contributed by atoms with Gasteiger partial charge in [-0.05, 0) is 61.9 Å². The van der Waals surface area contributed by atoms with Crippen molar-refractivity contribution in [2.45, 2.75) is 101 Å². The molecule has 14 nitrogen and oxygen atoms in total. The molecule has 3 aromatic carbocycles. The van der Waals surface area contributed by atoms with E-state index in [4.69, 9.17) is 44.8 Å². The molecule has 2 saturated heterocycles. The van der Waals surface area contributed by atoms with Gasteiger partial charge >= 0.3 is 18.2 Å². The molecule has 3 amide bonds. The van der Waals surface area contributed by atoms with Crippen molar-refractivity contribution in [1.82, 2.24) is 16.0 Å². The summed E-state index contributed by atoms with van der Waals surface area (Å²) in [5.74, 6) is -0.816. The predicted octanol–water partition coefficient (Wildman–Crippen LogP) is 6.15. The van der Waals surface area contributed by atoms with Gasteiger partial charge in [-0.1, -0.05) is 66.2 Å². The van der Waals surface area contributed by atoms with Crippen LogP contribution in [0.1, 0.15) is 68.6 Å². The summed E-state index contributed by atoms with van der Waals surface area (Å²) >= 11 is 5.97. The summed E-state index contributed by atoms with van der Waals surface area (Å²) in [6.07, 6.45) is 0.793. The number of hydrogen-bond acceptors (Lipinski definition) is 11. The molecule has 3 aliphatic heterocycles. The largest absolute Gasteiger partial charge is 0.464 e. The fourth-order valence-electron chi connectivity index (χ4n) is 7.28. The minimum atomic E-state index is -1.14. The van der Waals surface area contributed by atoms with Gasteiger partial charge in [0.05, 0.1) is 18.8 Å². The van der Waals surface area contributed by atoms with Crippen LogP contribution in [0, 0.1) is 0 Å². The number of halogens is 1. The van der Waals surface area contributed by atoms with E-state index in [1.165, 1.54) is 0 Å². The highest BCUT2D eigenvalue weighted by Crippen LogP contribution is 2.41. The van der Waals surface area contributed by atoms with E-state index in [-0.39, 0.29) is 58.1 Å². The van der Waals surface area contributed by atoms with Crippen LogP contribution in [-0.2, 0) is 52.7 Å². The zero-order valence-corrected chi connectivity index (χ0v) is 32.8. The Morgan fingerprint density at radius 1 is 0.895 bits per heavy atom. The summed E-state index contributed by atoms with van der Waals surface area (Å²) in [5.41, 5.74) is 2.66. The molecule has 3 aromatic rings. The second-order valence-corrected chi connectivity index (χ2v) is 14.7. The molecule has 1 spiro atoms. The highest BCUT2D eigenvalue weighted by molar-refractivity contribution is 6.30. The minimum Gasteiger partial charge on any atom is -0.464 e. The van der Waals surface area contributed by atoms with Crippen molar-refractivity contribution in [3.63, 3.8) is 0 Å². The van der Waals surface area contributed by atoms with Crippen molar-refractivity contribution in [2.75, 3.05) is 26.6 Å². The van der Waals surface area contributed by atoms with E-state index in [0.29, 0.717) is 55.2 Å². The standard InChI is InChI=1S/C42H50ClN3O11/c1-2-51-39(48)35(22-29-8-4-3-5-9-29)46-37(47)18-17-32-23-34(55-41(50)45-25-30-10-6-12-36-38(30)54-27-53-36)24-42(56-32)20-7-11-33(57-42)26-52-40(49)44-21-19-28-13-15-31(43)16-14-28/h3-6,8-10,12-16,32-35H,2,7,11,17-27H2,1H3,(H,44,49)(H,45,50)(H,46,47)/t32-,33-,34-,35+,42+/m1/s1. The topological polar surface area (TPSA) is 169 Å². The van der Waals surface area contributed by atoms with Crippen molar-refractivity contribution in [3.8, 4) is 11.5 Å². The van der Waals surface area contributed by atoms with E-state index >= 15 is 0 Å². The molecule has 3 heterocycles. The third-order valence-electron chi connectivity index (χ3n) is 9.97. The van der Waals surface area contributed by atoms with Crippen molar-refractivity contribution < 1.29 is 52.3 Å². The molecule has 0 aliphatic carbocycles. The van der Waals surface area contributed by atoms with E-state index in [0.717, 1.165) is 16.7 Å². The van der Waals surface area contributed by atoms with Crippen LogP contribution in [0.25, 0.3) is 0 Å². The predicted molar refractivity (Wildman–Crippen MR) is 208 cm³/mol. The Bertz CT molecular complexity index is 1810. The third kappa shape index (κ3) is 12.5. The molecule has 3 N–H and O–H groups in total. The van der Waals surface area contributed by atoms with E-state index < -0.39 is 48.3 Å². The second-order valence-electron chi connectivity index (χ2n) is 14.3. The van der Waals surface area contributed by atoms with E-state index in [2.05, 4.69) is 16.0 Å². The molecule has 15 heteroatoms. The number of rotatable bonds is 16. The molecule has 0 aromatic heterocycles. The molecular formula is C42H50ClN3O11. The van der Waals surface area contributed by atoms with Crippen LogP contribution >= 0.6 is 11.6 Å². The first kappa shape index (κ1) is 41.6. The second kappa shape index (κ2) is 20.4. The number of fused-ring (bicyclic) bond motifs is 1. The number of hydrogen-bond donors (Lipinski definition) is 3. The molecule has 6 rings (SSSR count). The monoisotopic (exact) mass is 807 g/mol. The lowest BCUT2D eigenvalue weighted by Crippen LogP contribution is -2.54. The van der Waals surface area contributed by atoms with Crippen LogP contribution in [0.15, 0.2) is 72.8 Å². The Morgan fingerprint density at radius 3 is 2.51 bits per heavy atom. The number of amides is 3. The van der Waals surface area contributed by atoms with E-state index in [1.54, 1.807) is 25.1 Å². The van der Waals surface area contributed by atoms with Gasteiger partial charge in [0.2, 0.25) is 12.7 Å². The summed E-state index contributed by atoms with van der Waals surface area (Å²) in [7, 11) is 0. The van der Waals surface area contributed by atoms with Gasteiger partial charge in [0.15, 0.2) is 17.3 Å². The summed E-state index contributed by atoms with van der Waals surface area (Å²) < 4.78 is 40.9. The molecule has 2 fully saturated rings. The number of esters is 1. The van der Waals surface area contributed by atoms with Gasteiger partial charge in [0.1, 0.15) is 18.8 Å². The summed E-state index contributed by atoms with van der Waals surface area (Å²) in [6, 6.07) is 21.4. The molecule has 0 bridgehead atoms. The van der Waals surface area contributed by atoms with Gasteiger partial charge in [-0.25, -0.2) is 14.4 Å². The Balaban J connectivity index is 1.06. The third-order valence-corrected chi connectivity index (χ3v) is 10.2. The number of carbonyl (C=O) groups is 4. The molecular weight excluding hydrogens is 758 g/mol. The van der Waals surface area contributed by atoms with Gasteiger partial charge in [0.25, 0.3) is 0 Å². The average molecular weight is 808 g/mol. The van der Waals surface area contributed by atoms with Crippen LogP contribution in [0.3, 0.4) is 0 Å². The first-order valence-corrected chi connectivity index (χ1v) is 19.9. The maximum Gasteiger partial charge on any atom is 0.407 e. The summed E-state index contributed by atoms with van der Waals surface area (Å²) in [5, 5.41) is 9.07. The Morgan fingerprint density at radius 2 is 1.70 bits per heavy atom. The molecule has 306 valence electrons.